The molecule has 0 saturated carbocycles. The minimum atomic E-state index is -5.08. The van der Waals surface area contributed by atoms with Gasteiger partial charge in [0.1, 0.15) is 6.04 Å². The molecule has 29 heavy (non-hydrogen) atoms. The summed E-state index contributed by atoms with van der Waals surface area (Å²) >= 11 is 0. The van der Waals surface area contributed by atoms with E-state index in [1.54, 1.807) is 0 Å². The van der Waals surface area contributed by atoms with Gasteiger partial charge in [-0.05, 0) is 25.2 Å². The molecule has 6 atom stereocenters. The second-order valence-corrected chi connectivity index (χ2v) is 6.91. The Bertz CT molecular complexity index is 597. The number of hydrogen-bond donors (Lipinski definition) is 5. The summed E-state index contributed by atoms with van der Waals surface area (Å²) in [6, 6.07) is -1.48. The number of carbonyl (C=O) groups excluding carboxylic acids is 1. The highest BCUT2D eigenvalue weighted by Crippen LogP contribution is 2.28. The maximum absolute atomic E-state index is 11.5. The second kappa shape index (κ2) is 11.8. The first-order valence-corrected chi connectivity index (χ1v) is 9.13. The average molecular weight is 426 g/mol. The lowest BCUT2D eigenvalue weighted by Gasteiger charge is -2.34. The van der Waals surface area contributed by atoms with Crippen molar-refractivity contribution in [1.82, 2.24) is 10.6 Å². The Morgan fingerprint density at radius 1 is 1.28 bits per heavy atom. The highest BCUT2D eigenvalue weighted by Gasteiger charge is 2.43. The molecule has 0 aliphatic carbocycles. The van der Waals surface area contributed by atoms with Gasteiger partial charge in [-0.25, -0.2) is 4.79 Å². The van der Waals surface area contributed by atoms with E-state index in [1.165, 1.54) is 6.92 Å². The minimum Gasteiger partial charge on any atom is -0.480 e. The Balaban J connectivity index is 0.000000956. The van der Waals surface area contributed by atoms with Gasteiger partial charge in [-0.3, -0.25) is 14.9 Å². The third-order valence-corrected chi connectivity index (χ3v) is 4.69. The fourth-order valence-corrected chi connectivity index (χ4v) is 3.05. The molecule has 1 aliphatic heterocycles. The summed E-state index contributed by atoms with van der Waals surface area (Å²) in [5.74, 6) is -3.92. The van der Waals surface area contributed by atoms with Crippen LogP contribution < -0.4 is 10.6 Å². The third-order valence-electron chi connectivity index (χ3n) is 4.69. The molecule has 0 bridgehead atoms. The number of aliphatic carboxylic acids is 2. The molecule has 0 radical (unpaired) electrons. The maximum atomic E-state index is 11.5. The molecule has 168 valence electrons. The number of amides is 1. The Labute approximate surface area is 167 Å². The van der Waals surface area contributed by atoms with Gasteiger partial charge in [0.05, 0.1) is 12.1 Å². The van der Waals surface area contributed by atoms with E-state index in [2.05, 4.69) is 10.6 Å². The molecule has 0 aromatic rings. The van der Waals surface area contributed by atoms with Gasteiger partial charge >= 0.3 is 18.1 Å². The molecule has 11 heteroatoms. The van der Waals surface area contributed by atoms with Crippen LogP contribution >= 0.6 is 0 Å². The van der Waals surface area contributed by atoms with E-state index in [-0.39, 0.29) is 23.8 Å². The zero-order chi connectivity index (χ0) is 22.9. The van der Waals surface area contributed by atoms with Crippen LogP contribution in [0.2, 0.25) is 0 Å². The molecule has 1 saturated heterocycles. The lowest BCUT2D eigenvalue weighted by atomic mass is 9.85. The van der Waals surface area contributed by atoms with Crippen LogP contribution in [-0.2, 0) is 14.4 Å². The molecule has 0 aromatic carbocycles. The van der Waals surface area contributed by atoms with Crippen molar-refractivity contribution >= 4 is 17.8 Å². The summed E-state index contributed by atoms with van der Waals surface area (Å²) < 4.78 is 31.7. The smallest absolute Gasteiger partial charge is 0.480 e. The van der Waals surface area contributed by atoms with Crippen molar-refractivity contribution in [2.24, 2.45) is 11.8 Å². The fraction of sp³-hybridized carbons (Fsp3) is 0.722. The molecular formula is C18H29F3N2O6. The normalized spacial score (nSPS) is 24.9. The molecule has 1 rings (SSSR count). The number of halogens is 3. The topological polar surface area (TPSA) is 136 Å². The van der Waals surface area contributed by atoms with Crippen LogP contribution in [0.4, 0.5) is 13.2 Å². The highest BCUT2D eigenvalue weighted by atomic mass is 19.4. The highest BCUT2D eigenvalue weighted by molar-refractivity contribution is 5.75. The van der Waals surface area contributed by atoms with Crippen LogP contribution in [0, 0.1) is 11.8 Å². The van der Waals surface area contributed by atoms with Gasteiger partial charge in [-0.15, -0.1) is 0 Å². The number of aliphatic hydroxyl groups is 1. The zero-order valence-corrected chi connectivity index (χ0v) is 16.7. The van der Waals surface area contributed by atoms with E-state index in [0.717, 1.165) is 6.42 Å². The Hall–Kier alpha value is -2.14. The van der Waals surface area contributed by atoms with Gasteiger partial charge in [0.15, 0.2) is 0 Å². The second-order valence-electron chi connectivity index (χ2n) is 6.91. The predicted molar refractivity (Wildman–Crippen MR) is 98.0 cm³/mol. The molecule has 0 aromatic heterocycles. The number of hydrogen-bond acceptors (Lipinski definition) is 5. The SMILES string of the molecule is C/C=C\[C@@H]1C[C@H](C(=O)O)N[C@H]1[C@@H](NC(C)=O)[C@H](O)[C@@H](C)CC.O=C(O)C(F)(F)F. The Morgan fingerprint density at radius 3 is 2.14 bits per heavy atom. The van der Waals surface area contributed by atoms with Crippen LogP contribution in [0.15, 0.2) is 12.2 Å². The first-order chi connectivity index (χ1) is 13.3. The number of carboxylic acid groups (broad SMARTS) is 2. The molecule has 1 aliphatic rings. The summed E-state index contributed by atoms with van der Waals surface area (Å²) in [5, 5.41) is 32.8. The van der Waals surface area contributed by atoms with Crippen LogP contribution in [0.3, 0.4) is 0 Å². The van der Waals surface area contributed by atoms with Crippen LogP contribution in [-0.4, -0.2) is 63.6 Å². The van der Waals surface area contributed by atoms with Crippen molar-refractivity contribution in [2.75, 3.05) is 0 Å². The molecule has 1 amide bonds. The van der Waals surface area contributed by atoms with Crippen molar-refractivity contribution < 1.29 is 42.9 Å². The minimum absolute atomic E-state index is 0.00813. The molecular weight excluding hydrogens is 397 g/mol. The molecule has 0 unspecified atom stereocenters. The Morgan fingerprint density at radius 2 is 1.79 bits per heavy atom. The number of allylic oxidation sites excluding steroid dienone is 1. The van der Waals surface area contributed by atoms with Gasteiger partial charge in [0.2, 0.25) is 5.91 Å². The zero-order valence-electron chi connectivity index (χ0n) is 16.7. The van der Waals surface area contributed by atoms with E-state index in [1.807, 2.05) is 32.9 Å². The molecule has 1 heterocycles. The average Bonchev–Trinajstić information content (AvgIpc) is 3.02. The van der Waals surface area contributed by atoms with Gasteiger partial charge in [0, 0.05) is 13.0 Å². The van der Waals surface area contributed by atoms with Crippen LogP contribution in [0.1, 0.15) is 40.5 Å². The van der Waals surface area contributed by atoms with Crippen molar-refractivity contribution in [1.29, 1.82) is 0 Å². The molecule has 8 nitrogen and oxygen atoms in total. The summed E-state index contributed by atoms with van der Waals surface area (Å²) in [6.45, 7) is 7.19. The lowest BCUT2D eigenvalue weighted by molar-refractivity contribution is -0.192. The number of nitrogens with one attached hydrogen (secondary N) is 2. The number of aliphatic hydroxyl groups excluding tert-OH is 1. The maximum Gasteiger partial charge on any atom is 0.490 e. The van der Waals surface area contributed by atoms with Crippen molar-refractivity contribution in [3.05, 3.63) is 12.2 Å². The Kier molecular flexibility index (Phi) is 10.9. The first kappa shape index (κ1) is 26.9. The number of rotatable bonds is 7. The van der Waals surface area contributed by atoms with Gasteiger partial charge in [-0.2, -0.15) is 13.2 Å². The van der Waals surface area contributed by atoms with Crippen molar-refractivity contribution in [3.8, 4) is 0 Å². The van der Waals surface area contributed by atoms with Gasteiger partial charge in [-0.1, -0.05) is 32.4 Å². The third kappa shape index (κ3) is 8.82. The summed E-state index contributed by atoms with van der Waals surface area (Å²) in [6.07, 6.45) is -0.761. The molecule has 1 fully saturated rings. The standard InChI is InChI=1S/C16H28N2O4.C2HF3O2/c1-5-7-11-8-12(16(21)22)18-13(11)14(17-10(4)19)15(20)9(3)6-2;3-2(4,5)1(6)7/h5,7,9,11-15,18,20H,6,8H2,1-4H3,(H,17,19)(H,21,22);(H,6,7)/b7-5-;/t9-,11+,12+,13+,14+,15+;/m0./s1. The largest absolute Gasteiger partial charge is 0.490 e. The first-order valence-electron chi connectivity index (χ1n) is 9.13. The van der Waals surface area contributed by atoms with E-state index < -0.39 is 36.3 Å². The van der Waals surface area contributed by atoms with E-state index in [0.29, 0.717) is 6.42 Å². The summed E-state index contributed by atoms with van der Waals surface area (Å²) in [5.41, 5.74) is 0. The van der Waals surface area contributed by atoms with Crippen LogP contribution in [0.5, 0.6) is 0 Å². The number of carbonyl (C=O) groups is 3. The lowest BCUT2D eigenvalue weighted by Crippen LogP contribution is -2.58. The van der Waals surface area contributed by atoms with Gasteiger partial charge in [0.25, 0.3) is 0 Å². The van der Waals surface area contributed by atoms with Crippen molar-refractivity contribution in [3.63, 3.8) is 0 Å². The summed E-state index contributed by atoms with van der Waals surface area (Å²) in [4.78, 5) is 31.7. The fourth-order valence-electron chi connectivity index (χ4n) is 3.05. The monoisotopic (exact) mass is 426 g/mol. The number of carboxylic acids is 2. The van der Waals surface area contributed by atoms with Crippen molar-refractivity contribution in [2.45, 2.75) is 70.9 Å². The molecule has 0 spiro atoms. The quantitative estimate of drug-likeness (QED) is 0.390. The summed E-state index contributed by atoms with van der Waals surface area (Å²) in [7, 11) is 0. The van der Waals surface area contributed by atoms with Gasteiger partial charge < -0.3 is 20.6 Å². The predicted octanol–water partition coefficient (Wildman–Crippen LogP) is 1.54. The van der Waals surface area contributed by atoms with Crippen LogP contribution in [0.25, 0.3) is 0 Å². The van der Waals surface area contributed by atoms with E-state index >= 15 is 0 Å². The van der Waals surface area contributed by atoms with E-state index in [9.17, 15) is 33.0 Å². The number of alkyl halides is 3. The molecule has 5 N–H and O–H groups in total. The van der Waals surface area contributed by atoms with E-state index in [4.69, 9.17) is 9.90 Å².